The highest BCUT2D eigenvalue weighted by molar-refractivity contribution is 7.99. The van der Waals surface area contributed by atoms with Crippen LogP contribution in [-0.2, 0) is 20.0 Å². The molecule has 0 aliphatic rings. The lowest BCUT2D eigenvalue weighted by Gasteiger charge is -2.07. The summed E-state index contributed by atoms with van der Waals surface area (Å²) in [6.07, 6.45) is 4.43. The first-order chi connectivity index (χ1) is 14.2. The molecule has 6 heteroatoms. The second kappa shape index (κ2) is 8.49. The van der Waals surface area contributed by atoms with Crippen molar-refractivity contribution in [2.75, 3.05) is 5.75 Å². The van der Waals surface area contributed by atoms with E-state index in [9.17, 15) is 4.79 Å². The molecule has 0 amide bonds. The number of Topliss-reactive ketones (excluding diaryl/α,β-unsaturated/α-hetero) is 1. The molecule has 2 aromatic heterocycles. The van der Waals surface area contributed by atoms with E-state index in [0.29, 0.717) is 18.7 Å². The van der Waals surface area contributed by atoms with Gasteiger partial charge in [0.25, 0.3) is 0 Å². The highest BCUT2D eigenvalue weighted by atomic mass is 32.2. The largest absolute Gasteiger partial charge is 0.350 e. The Balaban J connectivity index is 1.53. The van der Waals surface area contributed by atoms with E-state index in [2.05, 4.69) is 28.9 Å². The first-order valence-electron chi connectivity index (χ1n) is 9.44. The van der Waals surface area contributed by atoms with E-state index in [1.165, 1.54) is 17.3 Å². The van der Waals surface area contributed by atoms with Crippen molar-refractivity contribution in [3.05, 3.63) is 90.4 Å². The molecule has 0 aliphatic carbocycles. The minimum atomic E-state index is 0.0876. The topological polar surface area (TPSA) is 52.7 Å². The number of carbonyl (C=O) groups excluding carboxylic acids is 1. The van der Waals surface area contributed by atoms with Gasteiger partial charge in [0.15, 0.2) is 10.9 Å². The molecule has 0 atom stereocenters. The molecule has 0 N–H and O–H groups in total. The third-order valence-electron chi connectivity index (χ3n) is 4.84. The maximum absolute atomic E-state index is 12.9. The van der Waals surface area contributed by atoms with Gasteiger partial charge in [0.2, 0.25) is 0 Å². The number of allylic oxidation sites excluding steroid dienone is 1. The highest BCUT2D eigenvalue weighted by Crippen LogP contribution is 2.24. The summed E-state index contributed by atoms with van der Waals surface area (Å²) in [5.41, 5.74) is 2.98. The summed E-state index contributed by atoms with van der Waals surface area (Å²) in [6.45, 7) is 4.46. The number of aromatic nitrogens is 4. The molecule has 0 saturated carbocycles. The number of rotatable bonds is 8. The second-order valence-electron chi connectivity index (χ2n) is 6.84. The standard InChI is InChI=1S/C23H22N4OS/c1-3-13-27-22(14-17-9-5-4-6-10-17)24-25-23(27)29-16-21(28)19-15-26(2)20-12-8-7-11-18(19)20/h3-12,15H,1,13-14,16H2,2H3. The molecule has 4 rings (SSSR count). The molecule has 2 heterocycles. The van der Waals surface area contributed by atoms with Crippen LogP contribution in [0.1, 0.15) is 21.7 Å². The van der Waals surface area contributed by atoms with Gasteiger partial charge in [-0.2, -0.15) is 0 Å². The Bertz CT molecular complexity index is 1160. The highest BCUT2D eigenvalue weighted by Gasteiger charge is 2.17. The number of benzene rings is 2. The zero-order chi connectivity index (χ0) is 20.2. The van der Waals surface area contributed by atoms with Crippen molar-refractivity contribution in [1.29, 1.82) is 0 Å². The van der Waals surface area contributed by atoms with Gasteiger partial charge in [-0.25, -0.2) is 0 Å². The summed E-state index contributed by atoms with van der Waals surface area (Å²) < 4.78 is 4.02. The van der Waals surface area contributed by atoms with Crippen LogP contribution < -0.4 is 0 Å². The molecule has 0 saturated heterocycles. The molecule has 0 fully saturated rings. The van der Waals surface area contributed by atoms with E-state index >= 15 is 0 Å². The Kier molecular flexibility index (Phi) is 5.62. The lowest BCUT2D eigenvalue weighted by atomic mass is 10.1. The Morgan fingerprint density at radius 3 is 2.66 bits per heavy atom. The van der Waals surface area contributed by atoms with E-state index in [1.807, 2.05) is 70.9 Å². The van der Waals surface area contributed by atoms with Gasteiger partial charge in [0.05, 0.1) is 5.75 Å². The molecule has 29 heavy (non-hydrogen) atoms. The summed E-state index contributed by atoms with van der Waals surface area (Å²) in [5, 5.41) is 10.4. The molecule has 0 aliphatic heterocycles. The van der Waals surface area contributed by atoms with Crippen LogP contribution in [0, 0.1) is 0 Å². The normalized spacial score (nSPS) is 11.1. The van der Waals surface area contributed by atoms with E-state index in [-0.39, 0.29) is 5.78 Å². The van der Waals surface area contributed by atoms with Crippen LogP contribution in [0.4, 0.5) is 0 Å². The van der Waals surface area contributed by atoms with Crippen molar-refractivity contribution >= 4 is 28.4 Å². The molecule has 0 bridgehead atoms. The van der Waals surface area contributed by atoms with Crippen molar-refractivity contribution in [3.63, 3.8) is 0 Å². The Hall–Kier alpha value is -3.12. The van der Waals surface area contributed by atoms with Crippen LogP contribution in [0.3, 0.4) is 0 Å². The van der Waals surface area contributed by atoms with Crippen LogP contribution in [0.25, 0.3) is 10.9 Å². The maximum Gasteiger partial charge on any atom is 0.191 e. The van der Waals surface area contributed by atoms with Crippen LogP contribution in [0.2, 0.25) is 0 Å². The average Bonchev–Trinajstić information content (AvgIpc) is 3.29. The minimum absolute atomic E-state index is 0.0876. The molecule has 0 spiro atoms. The Morgan fingerprint density at radius 1 is 1.10 bits per heavy atom. The van der Waals surface area contributed by atoms with Gasteiger partial charge in [-0.05, 0) is 11.6 Å². The minimum Gasteiger partial charge on any atom is -0.350 e. The van der Waals surface area contributed by atoms with Crippen molar-refractivity contribution < 1.29 is 4.79 Å². The fourth-order valence-corrected chi connectivity index (χ4v) is 4.27. The lowest BCUT2D eigenvalue weighted by molar-refractivity contribution is 0.102. The van der Waals surface area contributed by atoms with Crippen LogP contribution in [0.5, 0.6) is 0 Å². The van der Waals surface area contributed by atoms with Gasteiger partial charge in [-0.1, -0.05) is 66.4 Å². The third-order valence-corrected chi connectivity index (χ3v) is 5.81. The number of fused-ring (bicyclic) bond motifs is 1. The number of nitrogens with zero attached hydrogens (tertiary/aromatic N) is 4. The number of hydrogen-bond donors (Lipinski definition) is 0. The molecule has 4 aromatic rings. The fourth-order valence-electron chi connectivity index (χ4n) is 3.42. The molecular weight excluding hydrogens is 380 g/mol. The lowest BCUT2D eigenvalue weighted by Crippen LogP contribution is -2.07. The predicted octanol–water partition coefficient (Wildman–Crippen LogP) is 4.52. The molecule has 0 radical (unpaired) electrons. The van der Waals surface area contributed by atoms with Crippen molar-refractivity contribution in [3.8, 4) is 0 Å². The van der Waals surface area contributed by atoms with Crippen LogP contribution >= 0.6 is 11.8 Å². The van der Waals surface area contributed by atoms with Gasteiger partial charge < -0.3 is 9.13 Å². The SMILES string of the molecule is C=CCn1c(Cc2ccccc2)nnc1SCC(=O)c1cn(C)c2ccccc12. The van der Waals surface area contributed by atoms with E-state index in [4.69, 9.17) is 0 Å². The molecular formula is C23H22N4OS. The number of thioether (sulfide) groups is 1. The monoisotopic (exact) mass is 402 g/mol. The number of hydrogen-bond acceptors (Lipinski definition) is 4. The summed E-state index contributed by atoms with van der Waals surface area (Å²) in [4.78, 5) is 12.9. The van der Waals surface area contributed by atoms with E-state index in [0.717, 1.165) is 27.4 Å². The smallest absolute Gasteiger partial charge is 0.191 e. The zero-order valence-electron chi connectivity index (χ0n) is 16.3. The fraction of sp³-hybridized carbons (Fsp3) is 0.174. The van der Waals surface area contributed by atoms with Crippen molar-refractivity contribution in [1.82, 2.24) is 19.3 Å². The van der Waals surface area contributed by atoms with Crippen LogP contribution in [-0.4, -0.2) is 30.9 Å². The van der Waals surface area contributed by atoms with Crippen LogP contribution in [0.15, 0.2) is 78.6 Å². The summed E-state index contributed by atoms with van der Waals surface area (Å²) in [6, 6.07) is 18.1. The first-order valence-corrected chi connectivity index (χ1v) is 10.4. The molecule has 0 unspecified atom stereocenters. The quantitative estimate of drug-likeness (QED) is 0.247. The van der Waals surface area contributed by atoms with Gasteiger partial charge >= 0.3 is 0 Å². The van der Waals surface area contributed by atoms with Gasteiger partial charge in [-0.15, -0.1) is 16.8 Å². The molecule has 5 nitrogen and oxygen atoms in total. The first kappa shape index (κ1) is 19.2. The third kappa shape index (κ3) is 4.03. The summed E-state index contributed by atoms with van der Waals surface area (Å²) in [7, 11) is 1.96. The number of carbonyl (C=O) groups is 1. The van der Waals surface area contributed by atoms with Crippen molar-refractivity contribution in [2.24, 2.45) is 7.05 Å². The summed E-state index contributed by atoms with van der Waals surface area (Å²) in [5.74, 6) is 1.27. The van der Waals surface area contributed by atoms with Gasteiger partial charge in [0, 0.05) is 42.7 Å². The maximum atomic E-state index is 12.9. The Morgan fingerprint density at radius 2 is 1.86 bits per heavy atom. The van der Waals surface area contributed by atoms with Gasteiger partial charge in [0.1, 0.15) is 5.82 Å². The zero-order valence-corrected chi connectivity index (χ0v) is 17.1. The van der Waals surface area contributed by atoms with E-state index in [1.54, 1.807) is 0 Å². The number of aryl methyl sites for hydroxylation is 1. The number of ketones is 1. The summed E-state index contributed by atoms with van der Waals surface area (Å²) >= 11 is 1.42. The molecule has 2 aromatic carbocycles. The predicted molar refractivity (Wildman–Crippen MR) is 117 cm³/mol. The number of para-hydroxylation sites is 1. The van der Waals surface area contributed by atoms with E-state index < -0.39 is 0 Å². The average molecular weight is 403 g/mol. The van der Waals surface area contributed by atoms with Crippen molar-refractivity contribution in [2.45, 2.75) is 18.1 Å². The molecule has 146 valence electrons. The van der Waals surface area contributed by atoms with Gasteiger partial charge in [-0.3, -0.25) is 4.79 Å². The second-order valence-corrected chi connectivity index (χ2v) is 7.79. The Labute approximate surface area is 174 Å².